The Labute approximate surface area is 207 Å². The molecule has 0 unspecified atom stereocenters. The van der Waals surface area contributed by atoms with Crippen LogP contribution in [0.4, 0.5) is 5.69 Å². The Morgan fingerprint density at radius 1 is 1.12 bits per heavy atom. The maximum absolute atomic E-state index is 12.6. The van der Waals surface area contributed by atoms with Crippen molar-refractivity contribution >= 4 is 46.3 Å². The lowest BCUT2D eigenvalue weighted by Crippen LogP contribution is -2.15. The molecule has 0 bridgehead atoms. The predicted molar refractivity (Wildman–Crippen MR) is 139 cm³/mol. The van der Waals surface area contributed by atoms with E-state index in [4.69, 9.17) is 11.6 Å². The smallest absolute Gasteiger partial charge is 0.234 e. The summed E-state index contributed by atoms with van der Waals surface area (Å²) >= 11 is 9.16. The summed E-state index contributed by atoms with van der Waals surface area (Å²) in [5.41, 5.74) is 6.35. The van der Waals surface area contributed by atoms with Gasteiger partial charge < -0.3 is 9.88 Å². The quantitative estimate of drug-likeness (QED) is 0.280. The first-order chi connectivity index (χ1) is 15.9. The van der Waals surface area contributed by atoms with Gasteiger partial charge in [-0.15, -0.1) is 21.5 Å². The summed E-state index contributed by atoms with van der Waals surface area (Å²) in [4.78, 5) is 13.8. The van der Waals surface area contributed by atoms with E-state index >= 15 is 0 Å². The molecular formula is C25H25ClN4OS2. The van der Waals surface area contributed by atoms with Crippen molar-refractivity contribution in [2.45, 2.75) is 39.4 Å². The summed E-state index contributed by atoms with van der Waals surface area (Å²) in [6, 6.07) is 14.0. The van der Waals surface area contributed by atoms with E-state index in [2.05, 4.69) is 70.5 Å². The zero-order valence-corrected chi connectivity index (χ0v) is 21.4. The molecule has 1 amide bonds. The second kappa shape index (κ2) is 10.1. The van der Waals surface area contributed by atoms with Gasteiger partial charge in [-0.3, -0.25) is 4.79 Å². The molecule has 2 aromatic carbocycles. The average molecular weight is 497 g/mol. The van der Waals surface area contributed by atoms with Gasteiger partial charge in [0.2, 0.25) is 5.91 Å². The molecule has 0 aliphatic rings. The summed E-state index contributed by atoms with van der Waals surface area (Å²) in [6.07, 6.45) is 0. The zero-order chi connectivity index (χ0) is 23.5. The van der Waals surface area contributed by atoms with Crippen molar-refractivity contribution in [1.29, 1.82) is 0 Å². The fourth-order valence-electron chi connectivity index (χ4n) is 3.62. The van der Waals surface area contributed by atoms with E-state index in [1.165, 1.54) is 33.3 Å². The molecule has 0 aliphatic carbocycles. The van der Waals surface area contributed by atoms with Gasteiger partial charge >= 0.3 is 0 Å². The van der Waals surface area contributed by atoms with Gasteiger partial charge in [0.1, 0.15) is 0 Å². The van der Waals surface area contributed by atoms with Crippen molar-refractivity contribution in [3.05, 3.63) is 68.9 Å². The number of anilines is 1. The van der Waals surface area contributed by atoms with Crippen molar-refractivity contribution in [3.8, 4) is 22.5 Å². The van der Waals surface area contributed by atoms with Gasteiger partial charge in [0.25, 0.3) is 0 Å². The third-order valence-electron chi connectivity index (χ3n) is 5.40. The minimum absolute atomic E-state index is 0.107. The summed E-state index contributed by atoms with van der Waals surface area (Å²) in [7, 11) is 0. The van der Waals surface area contributed by atoms with Crippen LogP contribution in [-0.2, 0) is 11.3 Å². The second-order valence-corrected chi connectivity index (χ2v) is 10.3. The highest BCUT2D eigenvalue weighted by Crippen LogP contribution is 2.39. The number of thiophene rings is 1. The molecule has 5 nitrogen and oxygen atoms in total. The minimum atomic E-state index is -0.107. The monoisotopic (exact) mass is 496 g/mol. The Hall–Kier alpha value is -2.61. The van der Waals surface area contributed by atoms with E-state index in [1.807, 2.05) is 19.1 Å². The molecule has 0 spiro atoms. The van der Waals surface area contributed by atoms with E-state index in [1.54, 1.807) is 17.4 Å². The first-order valence-electron chi connectivity index (χ1n) is 10.6. The summed E-state index contributed by atoms with van der Waals surface area (Å²) in [5, 5.41) is 15.3. The Morgan fingerprint density at radius 3 is 2.61 bits per heavy atom. The van der Waals surface area contributed by atoms with Crippen LogP contribution in [0.25, 0.3) is 22.5 Å². The van der Waals surface area contributed by atoms with E-state index in [9.17, 15) is 4.79 Å². The number of halogens is 1. The first-order valence-corrected chi connectivity index (χ1v) is 12.9. The average Bonchev–Trinajstić information content (AvgIpc) is 3.38. The maximum Gasteiger partial charge on any atom is 0.234 e. The minimum Gasteiger partial charge on any atom is -0.325 e. The SMILES string of the molecule is CCn1c(SCC(=O)Nc2cc(Cl)ccc2C)nnc1-c1csc(C)c1-c1ccc(C)cc1. The Kier molecular flexibility index (Phi) is 7.22. The first kappa shape index (κ1) is 23.5. The number of nitrogens with one attached hydrogen (secondary N) is 1. The van der Waals surface area contributed by atoms with Crippen molar-refractivity contribution in [2.24, 2.45) is 0 Å². The number of thioether (sulfide) groups is 1. The molecule has 2 heterocycles. The number of rotatable bonds is 7. The summed E-state index contributed by atoms with van der Waals surface area (Å²) in [5.74, 6) is 0.952. The van der Waals surface area contributed by atoms with Crippen LogP contribution in [0.3, 0.4) is 0 Å². The number of amides is 1. The summed E-state index contributed by atoms with van der Waals surface area (Å²) < 4.78 is 2.07. The van der Waals surface area contributed by atoms with E-state index in [0.717, 1.165) is 27.8 Å². The van der Waals surface area contributed by atoms with Gasteiger partial charge in [-0.1, -0.05) is 59.3 Å². The highest BCUT2D eigenvalue weighted by Gasteiger charge is 2.20. The van der Waals surface area contributed by atoms with Crippen LogP contribution in [-0.4, -0.2) is 26.4 Å². The van der Waals surface area contributed by atoms with Crippen LogP contribution in [0.5, 0.6) is 0 Å². The van der Waals surface area contributed by atoms with Crippen LogP contribution in [0.2, 0.25) is 5.02 Å². The normalized spacial score (nSPS) is 11.1. The number of hydrogen-bond donors (Lipinski definition) is 1. The molecule has 0 saturated heterocycles. The number of aromatic nitrogens is 3. The number of nitrogens with zero attached hydrogens (tertiary/aromatic N) is 3. The zero-order valence-electron chi connectivity index (χ0n) is 19.0. The van der Waals surface area contributed by atoms with Crippen molar-refractivity contribution < 1.29 is 4.79 Å². The standard InChI is InChI=1S/C25H25ClN4OS2/c1-5-30-24(20-13-32-17(4)23(20)18-9-6-15(2)7-10-18)28-29-25(30)33-14-22(31)27-21-12-19(26)11-8-16(21)3/h6-13H,5,14H2,1-4H3,(H,27,31). The molecule has 0 radical (unpaired) electrons. The van der Waals surface area contributed by atoms with E-state index < -0.39 is 0 Å². The molecule has 1 N–H and O–H groups in total. The largest absolute Gasteiger partial charge is 0.325 e. The predicted octanol–water partition coefficient (Wildman–Crippen LogP) is 7.00. The number of carbonyl (C=O) groups is 1. The lowest BCUT2D eigenvalue weighted by molar-refractivity contribution is -0.113. The maximum atomic E-state index is 12.6. The molecule has 4 aromatic rings. The van der Waals surface area contributed by atoms with Gasteiger partial charge in [-0.05, 0) is 51.0 Å². The summed E-state index contributed by atoms with van der Waals surface area (Å²) in [6.45, 7) is 8.94. The molecule has 33 heavy (non-hydrogen) atoms. The highest BCUT2D eigenvalue weighted by molar-refractivity contribution is 7.99. The fourth-order valence-corrected chi connectivity index (χ4v) is 5.46. The van der Waals surface area contributed by atoms with Gasteiger partial charge in [0.15, 0.2) is 11.0 Å². The van der Waals surface area contributed by atoms with Gasteiger partial charge in [-0.2, -0.15) is 0 Å². The van der Waals surface area contributed by atoms with Crippen LogP contribution in [0.15, 0.2) is 53.0 Å². The molecule has 2 aromatic heterocycles. The molecule has 170 valence electrons. The number of benzene rings is 2. The van der Waals surface area contributed by atoms with E-state index in [0.29, 0.717) is 11.6 Å². The number of aryl methyl sites for hydroxylation is 3. The molecule has 0 fully saturated rings. The third kappa shape index (κ3) is 5.16. The third-order valence-corrected chi connectivity index (χ3v) is 7.51. The Balaban J connectivity index is 1.55. The van der Waals surface area contributed by atoms with Crippen molar-refractivity contribution in [1.82, 2.24) is 14.8 Å². The number of hydrogen-bond acceptors (Lipinski definition) is 5. The van der Waals surface area contributed by atoms with Gasteiger partial charge in [0, 0.05) is 38.6 Å². The lowest BCUT2D eigenvalue weighted by atomic mass is 10.0. The van der Waals surface area contributed by atoms with Crippen LogP contribution in [0.1, 0.15) is 22.9 Å². The van der Waals surface area contributed by atoms with Crippen molar-refractivity contribution in [2.75, 3.05) is 11.1 Å². The molecular weight excluding hydrogens is 472 g/mol. The molecule has 8 heteroatoms. The lowest BCUT2D eigenvalue weighted by Gasteiger charge is -2.10. The fraction of sp³-hybridized carbons (Fsp3) is 0.240. The van der Waals surface area contributed by atoms with Crippen molar-refractivity contribution in [3.63, 3.8) is 0 Å². The Morgan fingerprint density at radius 2 is 1.88 bits per heavy atom. The second-order valence-electron chi connectivity index (χ2n) is 7.79. The molecule has 4 rings (SSSR count). The Bertz CT molecular complexity index is 1290. The van der Waals surface area contributed by atoms with E-state index in [-0.39, 0.29) is 11.7 Å². The van der Waals surface area contributed by atoms with Crippen LogP contribution in [0, 0.1) is 20.8 Å². The highest BCUT2D eigenvalue weighted by atomic mass is 35.5. The molecule has 0 saturated carbocycles. The molecule has 0 aliphatic heterocycles. The molecule has 0 atom stereocenters. The van der Waals surface area contributed by atoms with Crippen LogP contribution >= 0.6 is 34.7 Å². The van der Waals surface area contributed by atoms with Gasteiger partial charge in [-0.25, -0.2) is 0 Å². The van der Waals surface area contributed by atoms with Crippen LogP contribution < -0.4 is 5.32 Å². The topological polar surface area (TPSA) is 59.8 Å². The van der Waals surface area contributed by atoms with Gasteiger partial charge in [0.05, 0.1) is 5.75 Å². The number of carbonyl (C=O) groups excluding carboxylic acids is 1.